The second-order valence-corrected chi connectivity index (χ2v) is 1.94. The summed E-state index contributed by atoms with van der Waals surface area (Å²) in [6, 6.07) is 1.02. The van der Waals surface area contributed by atoms with Crippen molar-refractivity contribution in [2.45, 2.75) is 0 Å². The Hall–Kier alpha value is -1.98. The van der Waals surface area contributed by atoms with Crippen LogP contribution in [0.15, 0.2) is 18.5 Å². The van der Waals surface area contributed by atoms with E-state index in [4.69, 9.17) is 0 Å². The van der Waals surface area contributed by atoms with Gasteiger partial charge in [0, 0.05) is 6.20 Å². The Labute approximate surface area is 66.6 Å². The van der Waals surface area contributed by atoms with Crippen molar-refractivity contribution in [3.05, 3.63) is 34.1 Å². The first-order chi connectivity index (χ1) is 5.63. The highest BCUT2D eigenvalue weighted by Gasteiger charge is 2.12. The first-order valence-corrected chi connectivity index (χ1v) is 2.92. The fourth-order valence-electron chi connectivity index (χ4n) is 0.704. The molecule has 0 aliphatic rings. The van der Waals surface area contributed by atoms with Crippen LogP contribution in [0.3, 0.4) is 0 Å². The summed E-state index contributed by atoms with van der Waals surface area (Å²) in [5.41, 5.74) is -1.02. The number of hydrogen-bond acceptors (Lipinski definition) is 5. The van der Waals surface area contributed by atoms with Crippen LogP contribution in [0.4, 0.5) is 5.69 Å². The normalized spacial score (nSPS) is 9.33. The van der Waals surface area contributed by atoms with E-state index < -0.39 is 22.1 Å². The maximum Gasteiger partial charge on any atom is 0.296 e. The van der Waals surface area contributed by atoms with Gasteiger partial charge in [-0.2, -0.15) is 0 Å². The summed E-state index contributed by atoms with van der Waals surface area (Å²) < 4.78 is 0. The highest BCUT2D eigenvalue weighted by Crippen LogP contribution is 2.14. The predicted octanol–water partition coefficient (Wildman–Crippen LogP) is -0.647. The summed E-state index contributed by atoms with van der Waals surface area (Å²) in [7, 11) is 0. The molecule has 0 bridgehead atoms. The van der Waals surface area contributed by atoms with Crippen LogP contribution in [0.5, 0.6) is 0 Å². The summed E-state index contributed by atoms with van der Waals surface area (Å²) in [5.74, 6) is -1.58. The number of carboxylic acids is 1. The third-order valence-corrected chi connectivity index (χ3v) is 1.22. The molecule has 0 radical (unpaired) electrons. The molecule has 0 fully saturated rings. The zero-order valence-electron chi connectivity index (χ0n) is 5.76. The molecule has 1 aromatic rings. The Kier molecular flexibility index (Phi) is 2.00. The molecule has 0 atom stereocenters. The molecule has 1 rings (SSSR count). The number of nitro groups is 1. The second-order valence-electron chi connectivity index (χ2n) is 1.94. The molecule has 0 N–H and O–H groups in total. The van der Waals surface area contributed by atoms with Crippen molar-refractivity contribution < 1.29 is 14.8 Å². The molecule has 0 unspecified atom stereocenters. The number of pyridine rings is 1. The number of aromatic nitrogens is 1. The van der Waals surface area contributed by atoms with Crippen molar-refractivity contribution in [3.8, 4) is 0 Å². The van der Waals surface area contributed by atoms with Gasteiger partial charge in [0.25, 0.3) is 5.69 Å². The van der Waals surface area contributed by atoms with E-state index in [1.165, 1.54) is 0 Å². The zero-order chi connectivity index (χ0) is 9.14. The summed E-state index contributed by atoms with van der Waals surface area (Å²) in [4.78, 5) is 23.1. The molecule has 0 spiro atoms. The maximum atomic E-state index is 10.3. The fraction of sp³-hybridized carbons (Fsp3) is 0. The third kappa shape index (κ3) is 1.36. The van der Waals surface area contributed by atoms with Crippen molar-refractivity contribution >= 4 is 11.7 Å². The van der Waals surface area contributed by atoms with Crippen LogP contribution in [0.1, 0.15) is 10.4 Å². The van der Waals surface area contributed by atoms with E-state index >= 15 is 0 Å². The molecule has 12 heavy (non-hydrogen) atoms. The molecular weight excluding hydrogens is 164 g/mol. The lowest BCUT2D eigenvalue weighted by Crippen LogP contribution is -2.23. The van der Waals surface area contributed by atoms with E-state index in [0.29, 0.717) is 0 Å². The summed E-state index contributed by atoms with van der Waals surface area (Å²) in [6.07, 6.45) is 2.02. The van der Waals surface area contributed by atoms with Gasteiger partial charge in [0.1, 0.15) is 6.20 Å². The molecule has 0 saturated carbocycles. The zero-order valence-corrected chi connectivity index (χ0v) is 5.76. The van der Waals surface area contributed by atoms with Crippen molar-refractivity contribution in [2.75, 3.05) is 0 Å². The number of carbonyl (C=O) groups is 1. The number of hydrogen-bond donors (Lipinski definition) is 0. The van der Waals surface area contributed by atoms with Crippen LogP contribution >= 0.6 is 0 Å². The maximum absolute atomic E-state index is 10.3. The molecule has 0 aromatic carbocycles. The average molecular weight is 167 g/mol. The van der Waals surface area contributed by atoms with Crippen molar-refractivity contribution in [2.24, 2.45) is 0 Å². The molecule has 0 saturated heterocycles. The highest BCUT2D eigenvalue weighted by molar-refractivity contribution is 5.90. The van der Waals surface area contributed by atoms with Gasteiger partial charge in [-0.25, -0.2) is 0 Å². The Morgan fingerprint density at radius 3 is 2.67 bits per heavy atom. The Morgan fingerprint density at radius 2 is 2.25 bits per heavy atom. The molecule has 1 aromatic heterocycles. The molecule has 6 nitrogen and oxygen atoms in total. The van der Waals surface area contributed by atoms with Gasteiger partial charge < -0.3 is 9.90 Å². The lowest BCUT2D eigenvalue weighted by Gasteiger charge is -2.00. The van der Waals surface area contributed by atoms with Gasteiger partial charge in [-0.3, -0.25) is 15.1 Å². The molecule has 62 valence electrons. The minimum Gasteiger partial charge on any atom is -0.545 e. The lowest BCUT2D eigenvalue weighted by molar-refractivity contribution is -0.386. The number of aromatic carboxylic acids is 1. The van der Waals surface area contributed by atoms with Crippen LogP contribution in [0, 0.1) is 10.1 Å². The van der Waals surface area contributed by atoms with E-state index in [9.17, 15) is 20.0 Å². The van der Waals surface area contributed by atoms with Gasteiger partial charge in [0.2, 0.25) is 0 Å². The van der Waals surface area contributed by atoms with E-state index in [1.807, 2.05) is 0 Å². The quantitative estimate of drug-likeness (QED) is 0.430. The molecule has 6 heteroatoms. The number of carbonyl (C=O) groups excluding carboxylic acids is 1. The standard InChI is InChI=1S/C6H4N2O4/c9-6(10)4-1-2-7-3-5(4)8(11)12/h1-3H,(H,9,10)/p-1. The number of nitrogens with zero attached hydrogens (tertiary/aromatic N) is 2. The van der Waals surface area contributed by atoms with Gasteiger partial charge in [-0.1, -0.05) is 0 Å². The highest BCUT2D eigenvalue weighted by atomic mass is 16.6. The molecule has 0 aliphatic heterocycles. The Balaban J connectivity index is 3.27. The van der Waals surface area contributed by atoms with Crippen molar-refractivity contribution in [1.29, 1.82) is 0 Å². The number of carboxylic acid groups (broad SMARTS) is 1. The number of rotatable bonds is 2. The molecule has 0 amide bonds. The van der Waals surface area contributed by atoms with E-state index in [0.717, 1.165) is 18.5 Å². The van der Waals surface area contributed by atoms with Crippen molar-refractivity contribution in [1.82, 2.24) is 4.98 Å². The van der Waals surface area contributed by atoms with Crippen LogP contribution in [0.25, 0.3) is 0 Å². The first-order valence-electron chi connectivity index (χ1n) is 2.92. The molecular formula is C6H3N2O4-. The molecule has 1 heterocycles. The largest absolute Gasteiger partial charge is 0.545 e. The van der Waals surface area contributed by atoms with Gasteiger partial charge in [-0.15, -0.1) is 0 Å². The lowest BCUT2D eigenvalue weighted by atomic mass is 10.2. The first kappa shape index (κ1) is 8.12. The summed E-state index contributed by atoms with van der Waals surface area (Å²) >= 11 is 0. The van der Waals surface area contributed by atoms with E-state index in [1.54, 1.807) is 0 Å². The van der Waals surface area contributed by atoms with Gasteiger partial charge in [0.05, 0.1) is 16.5 Å². The second kappa shape index (κ2) is 2.95. The SMILES string of the molecule is O=C([O-])c1ccncc1[N+](=O)[O-]. The Morgan fingerprint density at radius 1 is 1.58 bits per heavy atom. The summed E-state index contributed by atoms with van der Waals surface area (Å²) in [6.45, 7) is 0. The topological polar surface area (TPSA) is 96.2 Å². The van der Waals surface area contributed by atoms with Crippen LogP contribution in [-0.2, 0) is 0 Å². The van der Waals surface area contributed by atoms with Gasteiger partial charge in [0.15, 0.2) is 0 Å². The van der Waals surface area contributed by atoms with Crippen LogP contribution < -0.4 is 5.11 Å². The van der Waals surface area contributed by atoms with E-state index in [2.05, 4.69) is 4.98 Å². The summed E-state index contributed by atoms with van der Waals surface area (Å²) in [5, 5.41) is 20.5. The minimum atomic E-state index is -1.58. The monoisotopic (exact) mass is 167 g/mol. The third-order valence-electron chi connectivity index (χ3n) is 1.22. The average Bonchev–Trinajstić information content (AvgIpc) is 2.04. The minimum absolute atomic E-state index is 0.463. The Bertz CT molecular complexity index is 303. The van der Waals surface area contributed by atoms with Crippen LogP contribution in [0.2, 0.25) is 0 Å². The van der Waals surface area contributed by atoms with Crippen LogP contribution in [-0.4, -0.2) is 15.9 Å². The van der Waals surface area contributed by atoms with Gasteiger partial charge >= 0.3 is 0 Å². The van der Waals surface area contributed by atoms with Gasteiger partial charge in [-0.05, 0) is 6.07 Å². The van der Waals surface area contributed by atoms with Crippen molar-refractivity contribution in [3.63, 3.8) is 0 Å². The fourth-order valence-corrected chi connectivity index (χ4v) is 0.704. The smallest absolute Gasteiger partial charge is 0.296 e. The van der Waals surface area contributed by atoms with E-state index in [-0.39, 0.29) is 0 Å². The molecule has 0 aliphatic carbocycles. The predicted molar refractivity (Wildman–Crippen MR) is 35.2 cm³/mol.